The minimum Gasteiger partial charge on any atom is -0.341 e. The Kier molecular flexibility index (Phi) is 3.49. The van der Waals surface area contributed by atoms with Gasteiger partial charge in [0.15, 0.2) is 0 Å². The number of nitrogens with zero attached hydrogens (tertiary/aromatic N) is 1. The Morgan fingerprint density at radius 2 is 1.85 bits per heavy atom. The predicted octanol–water partition coefficient (Wildman–Crippen LogP) is 4.10. The highest BCUT2D eigenvalue weighted by atomic mass is 15.1. The molecule has 1 aliphatic rings. The molecule has 1 aliphatic heterocycles. The summed E-state index contributed by atoms with van der Waals surface area (Å²) in [5.74, 6) is 0. The van der Waals surface area contributed by atoms with Crippen LogP contribution in [0, 0.1) is 6.92 Å². The van der Waals surface area contributed by atoms with E-state index in [2.05, 4.69) is 54.3 Å². The molecule has 0 spiro atoms. The predicted molar refractivity (Wildman–Crippen MR) is 85.6 cm³/mol. The van der Waals surface area contributed by atoms with E-state index in [1.807, 2.05) is 6.92 Å². The zero-order valence-electron chi connectivity index (χ0n) is 12.3. The normalized spacial score (nSPS) is 15.8. The maximum atomic E-state index is 5.92. The minimum atomic E-state index is 0.0975. The average Bonchev–Trinajstić information content (AvgIpc) is 2.46. The van der Waals surface area contributed by atoms with Crippen molar-refractivity contribution in [2.24, 2.45) is 5.73 Å². The maximum absolute atomic E-state index is 5.92. The highest BCUT2D eigenvalue weighted by molar-refractivity contribution is 5.68. The van der Waals surface area contributed by atoms with Gasteiger partial charge in [-0.25, -0.2) is 0 Å². The summed E-state index contributed by atoms with van der Waals surface area (Å²) in [5.41, 5.74) is 12.5. The second-order valence-corrected chi connectivity index (χ2v) is 5.77. The molecule has 0 aromatic heterocycles. The van der Waals surface area contributed by atoms with Crippen molar-refractivity contribution in [3.8, 4) is 0 Å². The van der Waals surface area contributed by atoms with Gasteiger partial charge in [0.2, 0.25) is 0 Å². The van der Waals surface area contributed by atoms with E-state index in [9.17, 15) is 0 Å². The van der Waals surface area contributed by atoms with Crippen LogP contribution in [0.4, 0.5) is 11.4 Å². The van der Waals surface area contributed by atoms with Gasteiger partial charge in [0, 0.05) is 24.0 Å². The van der Waals surface area contributed by atoms with E-state index < -0.39 is 0 Å². The topological polar surface area (TPSA) is 29.3 Å². The molecule has 0 bridgehead atoms. The van der Waals surface area contributed by atoms with Gasteiger partial charge in [-0.2, -0.15) is 0 Å². The standard InChI is InChI=1S/C18H22N2/c1-13-5-10-18-16(12-13)4-3-11-20(18)17-8-6-15(7-9-17)14(2)19/h5-10,12,14H,3-4,11,19H2,1-2H3/t14-/m0/s1. The SMILES string of the molecule is Cc1ccc2c(c1)CCCN2c1ccc([C@H](C)N)cc1. The van der Waals surface area contributed by atoms with Crippen LogP contribution in [0.25, 0.3) is 0 Å². The van der Waals surface area contributed by atoms with Crippen molar-refractivity contribution < 1.29 is 0 Å². The number of hydrogen-bond donors (Lipinski definition) is 1. The van der Waals surface area contributed by atoms with Crippen molar-refractivity contribution in [1.82, 2.24) is 0 Å². The molecule has 104 valence electrons. The Bertz CT molecular complexity index is 599. The molecule has 2 N–H and O–H groups in total. The van der Waals surface area contributed by atoms with Gasteiger partial charge >= 0.3 is 0 Å². The highest BCUT2D eigenvalue weighted by Crippen LogP contribution is 2.34. The summed E-state index contributed by atoms with van der Waals surface area (Å²) in [6.45, 7) is 5.28. The smallest absolute Gasteiger partial charge is 0.0443 e. The minimum absolute atomic E-state index is 0.0975. The number of benzene rings is 2. The first kappa shape index (κ1) is 13.2. The summed E-state index contributed by atoms with van der Waals surface area (Å²) in [5, 5.41) is 0. The summed E-state index contributed by atoms with van der Waals surface area (Å²) < 4.78 is 0. The second-order valence-electron chi connectivity index (χ2n) is 5.77. The Morgan fingerprint density at radius 1 is 1.10 bits per heavy atom. The first-order valence-electron chi connectivity index (χ1n) is 7.38. The molecule has 1 atom stereocenters. The highest BCUT2D eigenvalue weighted by Gasteiger charge is 2.18. The molecule has 0 aliphatic carbocycles. The van der Waals surface area contributed by atoms with Gasteiger partial charge in [-0.3, -0.25) is 0 Å². The van der Waals surface area contributed by atoms with Crippen LogP contribution in [0.3, 0.4) is 0 Å². The van der Waals surface area contributed by atoms with Gasteiger partial charge in [0.05, 0.1) is 0 Å². The monoisotopic (exact) mass is 266 g/mol. The molecular formula is C18H22N2. The Morgan fingerprint density at radius 3 is 2.55 bits per heavy atom. The van der Waals surface area contributed by atoms with Crippen molar-refractivity contribution in [3.63, 3.8) is 0 Å². The largest absolute Gasteiger partial charge is 0.341 e. The third kappa shape index (κ3) is 2.44. The van der Waals surface area contributed by atoms with Crippen LogP contribution in [-0.2, 0) is 6.42 Å². The zero-order chi connectivity index (χ0) is 14.1. The van der Waals surface area contributed by atoms with Gasteiger partial charge in [0.25, 0.3) is 0 Å². The van der Waals surface area contributed by atoms with E-state index in [0.717, 1.165) is 6.54 Å². The first-order valence-corrected chi connectivity index (χ1v) is 7.38. The lowest BCUT2D eigenvalue weighted by molar-refractivity contribution is 0.765. The number of nitrogens with two attached hydrogens (primary N) is 1. The first-order chi connectivity index (χ1) is 9.65. The van der Waals surface area contributed by atoms with E-state index >= 15 is 0 Å². The second kappa shape index (κ2) is 5.29. The molecule has 0 saturated carbocycles. The fourth-order valence-electron chi connectivity index (χ4n) is 2.95. The van der Waals surface area contributed by atoms with Gasteiger partial charge in [-0.05, 0) is 56.0 Å². The molecule has 0 fully saturated rings. The molecule has 0 radical (unpaired) electrons. The molecule has 0 saturated heterocycles. The van der Waals surface area contributed by atoms with E-state index in [-0.39, 0.29) is 6.04 Å². The average molecular weight is 266 g/mol. The summed E-state index contributed by atoms with van der Waals surface area (Å²) in [6.07, 6.45) is 2.40. The van der Waals surface area contributed by atoms with Crippen molar-refractivity contribution >= 4 is 11.4 Å². The van der Waals surface area contributed by atoms with Crippen LogP contribution < -0.4 is 10.6 Å². The number of aryl methyl sites for hydroxylation is 2. The molecule has 2 heteroatoms. The summed E-state index contributed by atoms with van der Waals surface area (Å²) >= 11 is 0. The summed E-state index contributed by atoms with van der Waals surface area (Å²) in [7, 11) is 0. The van der Waals surface area contributed by atoms with Gasteiger partial charge in [-0.1, -0.05) is 29.8 Å². The molecule has 2 nitrogen and oxygen atoms in total. The fourth-order valence-corrected chi connectivity index (χ4v) is 2.95. The van der Waals surface area contributed by atoms with Gasteiger partial charge < -0.3 is 10.6 Å². The van der Waals surface area contributed by atoms with E-state index in [4.69, 9.17) is 5.73 Å². The van der Waals surface area contributed by atoms with Crippen LogP contribution in [0.5, 0.6) is 0 Å². The Balaban J connectivity index is 1.96. The lowest BCUT2D eigenvalue weighted by Gasteiger charge is -2.32. The molecule has 20 heavy (non-hydrogen) atoms. The summed E-state index contributed by atoms with van der Waals surface area (Å²) in [6, 6.07) is 15.5. The molecule has 2 aromatic rings. The Hall–Kier alpha value is -1.80. The molecule has 0 amide bonds. The Labute approximate surface area is 121 Å². The van der Waals surface area contributed by atoms with E-state index in [0.29, 0.717) is 0 Å². The third-order valence-electron chi connectivity index (χ3n) is 4.08. The quantitative estimate of drug-likeness (QED) is 0.886. The molecule has 2 aromatic carbocycles. The van der Waals surface area contributed by atoms with Crippen LogP contribution in [0.15, 0.2) is 42.5 Å². The van der Waals surface area contributed by atoms with Gasteiger partial charge in [-0.15, -0.1) is 0 Å². The number of anilines is 2. The van der Waals surface area contributed by atoms with Gasteiger partial charge in [0.1, 0.15) is 0 Å². The summed E-state index contributed by atoms with van der Waals surface area (Å²) in [4.78, 5) is 2.42. The molecular weight excluding hydrogens is 244 g/mol. The van der Waals surface area contributed by atoms with Crippen molar-refractivity contribution in [2.75, 3.05) is 11.4 Å². The van der Waals surface area contributed by atoms with E-state index in [1.165, 1.54) is 40.9 Å². The third-order valence-corrected chi connectivity index (χ3v) is 4.08. The van der Waals surface area contributed by atoms with E-state index in [1.54, 1.807) is 0 Å². The van der Waals surface area contributed by atoms with Crippen molar-refractivity contribution in [2.45, 2.75) is 32.7 Å². The zero-order valence-corrected chi connectivity index (χ0v) is 12.3. The number of hydrogen-bond acceptors (Lipinski definition) is 2. The fraction of sp³-hybridized carbons (Fsp3) is 0.333. The molecule has 0 unspecified atom stereocenters. The van der Waals surface area contributed by atoms with Crippen LogP contribution in [0.2, 0.25) is 0 Å². The number of fused-ring (bicyclic) bond motifs is 1. The number of rotatable bonds is 2. The maximum Gasteiger partial charge on any atom is 0.0443 e. The lowest BCUT2D eigenvalue weighted by Crippen LogP contribution is -2.24. The van der Waals surface area contributed by atoms with Crippen molar-refractivity contribution in [1.29, 1.82) is 0 Å². The van der Waals surface area contributed by atoms with Crippen molar-refractivity contribution in [3.05, 3.63) is 59.2 Å². The van der Waals surface area contributed by atoms with Crippen LogP contribution >= 0.6 is 0 Å². The molecule has 3 rings (SSSR count). The lowest BCUT2D eigenvalue weighted by atomic mass is 9.98. The van der Waals surface area contributed by atoms with Crippen LogP contribution in [0.1, 0.15) is 36.1 Å². The molecule has 1 heterocycles. The van der Waals surface area contributed by atoms with Crippen LogP contribution in [-0.4, -0.2) is 6.54 Å².